The van der Waals surface area contributed by atoms with Gasteiger partial charge in [0.15, 0.2) is 0 Å². The minimum absolute atomic E-state index is 0.556. The lowest BCUT2D eigenvalue weighted by Gasteiger charge is -2.07. The van der Waals surface area contributed by atoms with Crippen LogP contribution in [0.25, 0.3) is 10.8 Å². The molecule has 0 amide bonds. The van der Waals surface area contributed by atoms with E-state index < -0.39 is 10.8 Å². The van der Waals surface area contributed by atoms with E-state index in [-0.39, 0.29) is 0 Å². The van der Waals surface area contributed by atoms with Crippen molar-refractivity contribution in [2.24, 2.45) is 0 Å². The molecule has 0 spiro atoms. The van der Waals surface area contributed by atoms with Gasteiger partial charge in [0, 0.05) is 27.3 Å². The molecule has 0 saturated carbocycles. The first-order chi connectivity index (χ1) is 10.2. The lowest BCUT2D eigenvalue weighted by Crippen LogP contribution is -2.00. The topological polar surface area (TPSA) is 17.1 Å². The van der Waals surface area contributed by atoms with Crippen molar-refractivity contribution in [2.75, 3.05) is 0 Å². The number of rotatable bonds is 4. The van der Waals surface area contributed by atoms with E-state index in [4.69, 9.17) is 11.6 Å². The Morgan fingerprint density at radius 2 is 1.52 bits per heavy atom. The highest BCUT2D eigenvalue weighted by atomic mass is 35.5. The minimum Gasteiger partial charge on any atom is -0.259 e. The first kappa shape index (κ1) is 14.3. The second-order valence-corrected chi connectivity index (χ2v) is 6.89. The van der Waals surface area contributed by atoms with Crippen LogP contribution >= 0.6 is 11.6 Å². The maximum Gasteiger partial charge on any atom is 0.0495 e. The van der Waals surface area contributed by atoms with Crippen molar-refractivity contribution in [1.29, 1.82) is 0 Å². The predicted molar refractivity (Wildman–Crippen MR) is 91.0 cm³/mol. The van der Waals surface area contributed by atoms with Crippen LogP contribution < -0.4 is 0 Å². The average Bonchev–Trinajstić information content (AvgIpc) is 2.50. The Balaban J connectivity index is 1.79. The molecule has 1 atom stereocenters. The number of hydrogen-bond donors (Lipinski definition) is 0. The summed E-state index contributed by atoms with van der Waals surface area (Å²) >= 11 is 5.87. The van der Waals surface area contributed by atoms with Gasteiger partial charge in [0.1, 0.15) is 0 Å². The van der Waals surface area contributed by atoms with E-state index in [1.54, 1.807) is 0 Å². The summed E-state index contributed by atoms with van der Waals surface area (Å²) in [5, 5.41) is 3.08. The number of fused-ring (bicyclic) bond motifs is 1. The summed E-state index contributed by atoms with van der Waals surface area (Å²) in [6.07, 6.45) is 0. The average molecular weight is 315 g/mol. The van der Waals surface area contributed by atoms with Gasteiger partial charge in [-0.05, 0) is 34.0 Å². The Kier molecular flexibility index (Phi) is 4.37. The van der Waals surface area contributed by atoms with Crippen LogP contribution in [0, 0.1) is 0 Å². The van der Waals surface area contributed by atoms with Crippen LogP contribution in [-0.2, 0) is 22.3 Å². The van der Waals surface area contributed by atoms with Crippen molar-refractivity contribution < 1.29 is 4.21 Å². The molecule has 0 unspecified atom stereocenters. The molecule has 0 N–H and O–H groups in total. The van der Waals surface area contributed by atoms with Crippen LogP contribution in [0.3, 0.4) is 0 Å². The van der Waals surface area contributed by atoms with Gasteiger partial charge >= 0.3 is 0 Å². The van der Waals surface area contributed by atoms with Gasteiger partial charge in [-0.3, -0.25) is 4.21 Å². The molecule has 3 aromatic carbocycles. The molecule has 3 aromatic rings. The first-order valence-corrected chi connectivity index (χ1v) is 8.65. The molecule has 0 saturated heterocycles. The molecular weight excluding hydrogens is 300 g/mol. The van der Waals surface area contributed by atoms with E-state index in [1.165, 1.54) is 10.8 Å². The molecule has 3 heteroatoms. The van der Waals surface area contributed by atoms with Gasteiger partial charge in [-0.2, -0.15) is 0 Å². The molecule has 106 valence electrons. The Bertz CT molecular complexity index is 775. The standard InChI is InChI=1S/C18H15ClOS/c19-17-10-8-14(9-11-17)12-21(20)13-16-6-3-5-15-4-1-2-7-18(15)16/h1-11H,12-13H2/t21-/m1/s1. The maximum atomic E-state index is 12.4. The maximum absolute atomic E-state index is 12.4. The summed E-state index contributed by atoms with van der Waals surface area (Å²) < 4.78 is 12.4. The molecule has 3 rings (SSSR count). The Labute approximate surface area is 132 Å². The molecular formula is C18H15ClOS. The molecule has 0 aliphatic heterocycles. The molecule has 0 bridgehead atoms. The van der Waals surface area contributed by atoms with E-state index >= 15 is 0 Å². The highest BCUT2D eigenvalue weighted by Crippen LogP contribution is 2.21. The summed E-state index contributed by atoms with van der Waals surface area (Å²) in [6.45, 7) is 0. The van der Waals surface area contributed by atoms with E-state index in [9.17, 15) is 4.21 Å². The second-order valence-electron chi connectivity index (χ2n) is 4.99. The van der Waals surface area contributed by atoms with Crippen LogP contribution in [0.1, 0.15) is 11.1 Å². The third kappa shape index (κ3) is 3.52. The molecule has 0 aliphatic rings. The highest BCUT2D eigenvalue weighted by Gasteiger charge is 2.06. The Morgan fingerprint density at radius 3 is 2.33 bits per heavy atom. The zero-order valence-corrected chi connectivity index (χ0v) is 13.0. The van der Waals surface area contributed by atoms with E-state index in [0.29, 0.717) is 16.5 Å². The van der Waals surface area contributed by atoms with Gasteiger partial charge in [0.2, 0.25) is 0 Å². The summed E-state index contributed by atoms with van der Waals surface area (Å²) in [5.74, 6) is 1.13. The smallest absolute Gasteiger partial charge is 0.0495 e. The number of halogens is 1. The first-order valence-electron chi connectivity index (χ1n) is 6.78. The summed E-state index contributed by atoms with van der Waals surface area (Å²) in [5.41, 5.74) is 2.19. The van der Waals surface area contributed by atoms with Gasteiger partial charge in [-0.15, -0.1) is 0 Å². The fourth-order valence-electron chi connectivity index (χ4n) is 2.41. The van der Waals surface area contributed by atoms with Crippen LogP contribution in [-0.4, -0.2) is 4.21 Å². The van der Waals surface area contributed by atoms with Gasteiger partial charge in [0.25, 0.3) is 0 Å². The quantitative estimate of drug-likeness (QED) is 0.666. The largest absolute Gasteiger partial charge is 0.259 e. The van der Waals surface area contributed by atoms with Crippen LogP contribution in [0.4, 0.5) is 0 Å². The lowest BCUT2D eigenvalue weighted by molar-refractivity contribution is 0.682. The lowest BCUT2D eigenvalue weighted by atomic mass is 10.1. The Morgan fingerprint density at radius 1 is 0.810 bits per heavy atom. The summed E-state index contributed by atoms with van der Waals surface area (Å²) in [6, 6.07) is 21.9. The van der Waals surface area contributed by atoms with Crippen LogP contribution in [0.15, 0.2) is 66.7 Å². The van der Waals surface area contributed by atoms with Crippen molar-refractivity contribution in [3.8, 4) is 0 Å². The normalized spacial score (nSPS) is 12.4. The van der Waals surface area contributed by atoms with Crippen molar-refractivity contribution >= 4 is 33.2 Å². The highest BCUT2D eigenvalue weighted by molar-refractivity contribution is 7.83. The Hall–Kier alpha value is -1.64. The summed E-state index contributed by atoms with van der Waals surface area (Å²) in [4.78, 5) is 0. The molecule has 21 heavy (non-hydrogen) atoms. The minimum atomic E-state index is -0.928. The van der Waals surface area contributed by atoms with Crippen molar-refractivity contribution in [3.05, 3.63) is 82.9 Å². The molecule has 0 aliphatic carbocycles. The molecule has 0 radical (unpaired) electrons. The number of hydrogen-bond acceptors (Lipinski definition) is 1. The van der Waals surface area contributed by atoms with Gasteiger partial charge in [0.05, 0.1) is 0 Å². The zero-order valence-electron chi connectivity index (χ0n) is 11.5. The molecule has 0 fully saturated rings. The van der Waals surface area contributed by atoms with Gasteiger partial charge < -0.3 is 0 Å². The SMILES string of the molecule is O=[S@](Cc1ccc(Cl)cc1)Cc1cccc2ccccc12. The van der Waals surface area contributed by atoms with E-state index in [0.717, 1.165) is 11.1 Å². The van der Waals surface area contributed by atoms with E-state index in [2.05, 4.69) is 24.3 Å². The predicted octanol–water partition coefficient (Wildman–Crippen LogP) is 4.94. The van der Waals surface area contributed by atoms with Crippen LogP contribution in [0.2, 0.25) is 5.02 Å². The van der Waals surface area contributed by atoms with Crippen molar-refractivity contribution in [1.82, 2.24) is 0 Å². The third-order valence-electron chi connectivity index (χ3n) is 3.44. The molecule has 0 aromatic heterocycles. The van der Waals surface area contributed by atoms with Crippen molar-refractivity contribution in [3.63, 3.8) is 0 Å². The fourth-order valence-corrected chi connectivity index (χ4v) is 3.80. The monoisotopic (exact) mass is 314 g/mol. The van der Waals surface area contributed by atoms with E-state index in [1.807, 2.05) is 42.5 Å². The van der Waals surface area contributed by atoms with Gasteiger partial charge in [-0.1, -0.05) is 66.2 Å². The zero-order chi connectivity index (χ0) is 14.7. The fraction of sp³-hybridized carbons (Fsp3) is 0.111. The van der Waals surface area contributed by atoms with Crippen molar-refractivity contribution in [2.45, 2.75) is 11.5 Å². The van der Waals surface area contributed by atoms with Gasteiger partial charge in [-0.25, -0.2) is 0 Å². The van der Waals surface area contributed by atoms with Crippen LogP contribution in [0.5, 0.6) is 0 Å². The third-order valence-corrected chi connectivity index (χ3v) is 4.98. The molecule has 0 heterocycles. The number of benzene rings is 3. The second kappa shape index (κ2) is 6.42. The molecule has 1 nitrogen and oxygen atoms in total. The summed E-state index contributed by atoms with van der Waals surface area (Å²) in [7, 11) is -0.928.